The zero-order valence-corrected chi connectivity index (χ0v) is 16.0. The van der Waals surface area contributed by atoms with Gasteiger partial charge >= 0.3 is 6.03 Å². The van der Waals surface area contributed by atoms with Crippen LogP contribution in [-0.4, -0.2) is 71.2 Å². The number of nitrogens with one attached hydrogen (secondary N) is 2. The third-order valence-electron chi connectivity index (χ3n) is 5.55. The number of fused-ring (bicyclic) bond motifs is 1. The molecule has 146 valence electrons. The molecule has 0 unspecified atom stereocenters. The lowest BCUT2D eigenvalue weighted by Gasteiger charge is -2.39. The number of carbonyl (C=O) groups excluding carboxylic acids is 1. The van der Waals surface area contributed by atoms with Gasteiger partial charge in [-0.3, -0.25) is 4.90 Å². The quantitative estimate of drug-likeness (QED) is 0.865. The number of morpholine rings is 1. The number of likely N-dealkylation sites (tertiary alicyclic amines) is 1. The molecular weight excluding hydrogens is 342 g/mol. The number of rotatable bonds is 4. The van der Waals surface area contributed by atoms with Gasteiger partial charge in [-0.15, -0.1) is 0 Å². The maximum absolute atomic E-state index is 12.8. The Morgan fingerprint density at radius 3 is 3.00 bits per heavy atom. The van der Waals surface area contributed by atoms with Gasteiger partial charge in [0.2, 0.25) is 0 Å². The Morgan fingerprint density at radius 1 is 1.30 bits per heavy atom. The van der Waals surface area contributed by atoms with Crippen LogP contribution in [0.4, 0.5) is 4.79 Å². The van der Waals surface area contributed by atoms with Crippen molar-refractivity contribution in [3.05, 3.63) is 29.6 Å². The molecule has 2 aliphatic rings. The molecule has 0 radical (unpaired) electrons. The molecule has 27 heavy (non-hydrogen) atoms. The van der Waals surface area contributed by atoms with E-state index in [4.69, 9.17) is 4.74 Å². The molecule has 0 saturated carbocycles. The monoisotopic (exact) mass is 371 g/mol. The minimum absolute atomic E-state index is 0.0181. The van der Waals surface area contributed by atoms with E-state index in [2.05, 4.69) is 39.2 Å². The summed E-state index contributed by atoms with van der Waals surface area (Å²) in [5, 5.41) is 3.06. The molecule has 2 aliphatic heterocycles. The summed E-state index contributed by atoms with van der Waals surface area (Å²) in [6.45, 7) is 7.78. The van der Waals surface area contributed by atoms with Crippen LogP contribution in [0.25, 0.3) is 11.0 Å². The van der Waals surface area contributed by atoms with E-state index in [1.807, 2.05) is 11.0 Å². The van der Waals surface area contributed by atoms with E-state index in [9.17, 15) is 4.79 Å². The molecule has 3 heterocycles. The first kappa shape index (κ1) is 18.3. The molecule has 2 amide bonds. The van der Waals surface area contributed by atoms with Gasteiger partial charge in [0.15, 0.2) is 0 Å². The molecule has 2 N–H and O–H groups in total. The van der Waals surface area contributed by atoms with Crippen LogP contribution in [0.5, 0.6) is 0 Å². The molecule has 1 aromatic heterocycles. The van der Waals surface area contributed by atoms with Crippen molar-refractivity contribution in [2.24, 2.45) is 0 Å². The smallest absolute Gasteiger partial charge is 0.318 e. The van der Waals surface area contributed by atoms with Gasteiger partial charge in [-0.1, -0.05) is 6.07 Å². The molecule has 1 atom stereocenters. The SMILES string of the molecule is Cc1ccc2nc(CNC(=O)N3CCCC[C@H]3CN3CCOCC3)[nH]c2c1. The molecule has 7 nitrogen and oxygen atoms in total. The van der Waals surface area contributed by atoms with E-state index in [0.29, 0.717) is 6.54 Å². The first-order valence-corrected chi connectivity index (χ1v) is 9.99. The third kappa shape index (κ3) is 4.42. The van der Waals surface area contributed by atoms with Gasteiger partial charge in [-0.2, -0.15) is 0 Å². The number of amides is 2. The van der Waals surface area contributed by atoms with Gasteiger partial charge in [0, 0.05) is 32.2 Å². The summed E-state index contributed by atoms with van der Waals surface area (Å²) in [6.07, 6.45) is 3.35. The summed E-state index contributed by atoms with van der Waals surface area (Å²) < 4.78 is 5.44. The largest absolute Gasteiger partial charge is 0.379 e. The average molecular weight is 371 g/mol. The summed E-state index contributed by atoms with van der Waals surface area (Å²) in [7, 11) is 0. The highest BCUT2D eigenvalue weighted by atomic mass is 16.5. The van der Waals surface area contributed by atoms with Crippen molar-refractivity contribution in [1.82, 2.24) is 25.1 Å². The molecule has 0 bridgehead atoms. The minimum Gasteiger partial charge on any atom is -0.379 e. The first-order valence-electron chi connectivity index (χ1n) is 9.99. The Kier molecular flexibility index (Phi) is 5.59. The van der Waals surface area contributed by atoms with Crippen molar-refractivity contribution in [1.29, 1.82) is 0 Å². The lowest BCUT2D eigenvalue weighted by molar-refractivity contribution is 0.0221. The fourth-order valence-corrected chi connectivity index (χ4v) is 4.06. The fourth-order valence-electron chi connectivity index (χ4n) is 4.06. The minimum atomic E-state index is 0.0181. The van der Waals surface area contributed by atoms with Crippen LogP contribution < -0.4 is 5.32 Å². The van der Waals surface area contributed by atoms with Gasteiger partial charge in [-0.25, -0.2) is 9.78 Å². The molecule has 2 fully saturated rings. The van der Waals surface area contributed by atoms with Crippen molar-refractivity contribution in [3.63, 3.8) is 0 Å². The Balaban J connectivity index is 1.36. The number of H-pyrrole nitrogens is 1. The highest BCUT2D eigenvalue weighted by Crippen LogP contribution is 2.19. The Labute approximate surface area is 160 Å². The number of urea groups is 1. The molecule has 2 aromatic rings. The van der Waals surface area contributed by atoms with Crippen molar-refractivity contribution in [2.45, 2.75) is 38.8 Å². The van der Waals surface area contributed by atoms with Gasteiger partial charge in [0.1, 0.15) is 5.82 Å². The average Bonchev–Trinajstić information content (AvgIpc) is 3.09. The number of benzene rings is 1. The van der Waals surface area contributed by atoms with Crippen molar-refractivity contribution in [2.75, 3.05) is 39.4 Å². The second-order valence-electron chi connectivity index (χ2n) is 7.62. The standard InChI is InChI=1S/C20H29N5O2/c1-15-5-6-17-18(12-15)23-19(22-17)13-21-20(26)25-7-3-2-4-16(25)14-24-8-10-27-11-9-24/h5-6,12,16H,2-4,7-11,13-14H2,1H3,(H,21,26)(H,22,23)/t16-/m0/s1. The lowest BCUT2D eigenvalue weighted by atomic mass is 10.0. The predicted molar refractivity (Wildman–Crippen MR) is 105 cm³/mol. The number of piperidine rings is 1. The van der Waals surface area contributed by atoms with Gasteiger partial charge in [0.05, 0.1) is 30.8 Å². The second-order valence-corrected chi connectivity index (χ2v) is 7.62. The molecule has 0 aliphatic carbocycles. The summed E-state index contributed by atoms with van der Waals surface area (Å²) in [6, 6.07) is 6.45. The maximum atomic E-state index is 12.8. The number of nitrogens with zero attached hydrogens (tertiary/aromatic N) is 3. The van der Waals surface area contributed by atoms with Crippen molar-refractivity contribution in [3.8, 4) is 0 Å². The van der Waals surface area contributed by atoms with Gasteiger partial charge < -0.3 is 19.9 Å². The summed E-state index contributed by atoms with van der Waals surface area (Å²) in [4.78, 5) is 25.1. The number of ether oxygens (including phenoxy) is 1. The highest BCUT2D eigenvalue weighted by molar-refractivity contribution is 5.77. The predicted octanol–water partition coefficient (Wildman–Crippen LogP) is 2.27. The Bertz CT molecular complexity index is 784. The number of aryl methyl sites for hydroxylation is 1. The lowest BCUT2D eigenvalue weighted by Crippen LogP contribution is -2.54. The van der Waals surface area contributed by atoms with Crippen LogP contribution >= 0.6 is 0 Å². The van der Waals surface area contributed by atoms with E-state index in [-0.39, 0.29) is 12.1 Å². The van der Waals surface area contributed by atoms with E-state index < -0.39 is 0 Å². The molecule has 4 rings (SSSR count). The third-order valence-corrected chi connectivity index (χ3v) is 5.55. The second kappa shape index (κ2) is 8.27. The molecule has 2 saturated heterocycles. The van der Waals surface area contributed by atoms with Crippen molar-refractivity contribution < 1.29 is 9.53 Å². The maximum Gasteiger partial charge on any atom is 0.318 e. The van der Waals surface area contributed by atoms with Crippen LogP contribution in [0.2, 0.25) is 0 Å². The molecule has 0 spiro atoms. The van der Waals surface area contributed by atoms with Crippen molar-refractivity contribution >= 4 is 17.1 Å². The van der Waals surface area contributed by atoms with E-state index >= 15 is 0 Å². The summed E-state index contributed by atoms with van der Waals surface area (Å²) in [5.41, 5.74) is 3.15. The summed E-state index contributed by atoms with van der Waals surface area (Å²) >= 11 is 0. The number of hydrogen-bond acceptors (Lipinski definition) is 4. The number of hydrogen-bond donors (Lipinski definition) is 2. The van der Waals surface area contributed by atoms with Crippen LogP contribution in [0.1, 0.15) is 30.7 Å². The highest BCUT2D eigenvalue weighted by Gasteiger charge is 2.28. The fraction of sp³-hybridized carbons (Fsp3) is 0.600. The first-order chi connectivity index (χ1) is 13.2. The van der Waals surface area contributed by atoms with Crippen LogP contribution in [0.15, 0.2) is 18.2 Å². The Morgan fingerprint density at radius 2 is 2.15 bits per heavy atom. The van der Waals surface area contributed by atoms with E-state index in [1.165, 1.54) is 12.0 Å². The normalized spacial score (nSPS) is 21.5. The summed E-state index contributed by atoms with van der Waals surface area (Å²) in [5.74, 6) is 0.797. The number of carbonyl (C=O) groups is 1. The van der Waals surface area contributed by atoms with E-state index in [0.717, 1.165) is 69.1 Å². The molecule has 1 aromatic carbocycles. The van der Waals surface area contributed by atoms with Gasteiger partial charge in [0.25, 0.3) is 0 Å². The number of imidazole rings is 1. The van der Waals surface area contributed by atoms with E-state index in [1.54, 1.807) is 0 Å². The zero-order chi connectivity index (χ0) is 18.6. The number of aromatic nitrogens is 2. The molecular formula is C20H29N5O2. The van der Waals surface area contributed by atoms with Crippen LogP contribution in [0.3, 0.4) is 0 Å². The topological polar surface area (TPSA) is 73.5 Å². The number of aromatic amines is 1. The van der Waals surface area contributed by atoms with Crippen LogP contribution in [-0.2, 0) is 11.3 Å². The Hall–Kier alpha value is -2.12. The zero-order valence-electron chi connectivity index (χ0n) is 16.0. The van der Waals surface area contributed by atoms with Gasteiger partial charge in [-0.05, 0) is 43.9 Å². The molecule has 7 heteroatoms. The van der Waals surface area contributed by atoms with Crippen LogP contribution in [0, 0.1) is 6.92 Å².